The largest absolute Gasteiger partial charge is 0.396 e. The molecule has 0 rings (SSSR count). The summed E-state index contributed by atoms with van der Waals surface area (Å²) in [6.45, 7) is 7.05. The highest BCUT2D eigenvalue weighted by atomic mass is 16.3. The van der Waals surface area contributed by atoms with E-state index >= 15 is 0 Å². The van der Waals surface area contributed by atoms with Crippen molar-refractivity contribution >= 4 is 0 Å². The van der Waals surface area contributed by atoms with E-state index < -0.39 is 0 Å². The van der Waals surface area contributed by atoms with Crippen molar-refractivity contribution in [1.29, 1.82) is 0 Å². The van der Waals surface area contributed by atoms with Gasteiger partial charge in [0.15, 0.2) is 0 Å². The number of aliphatic hydroxyl groups excluding tert-OH is 1. The maximum atomic E-state index is 8.93. The van der Waals surface area contributed by atoms with Gasteiger partial charge in [-0.25, -0.2) is 0 Å². The summed E-state index contributed by atoms with van der Waals surface area (Å²) in [4.78, 5) is 0. The van der Waals surface area contributed by atoms with Crippen molar-refractivity contribution in [3.63, 3.8) is 0 Å². The molecule has 0 saturated heterocycles. The smallest absolute Gasteiger partial charge is 0.0456 e. The van der Waals surface area contributed by atoms with E-state index in [1.165, 1.54) is 44.9 Å². The van der Waals surface area contributed by atoms with Crippen molar-refractivity contribution in [2.45, 2.75) is 65.7 Å². The van der Waals surface area contributed by atoms with E-state index in [2.05, 4.69) is 20.8 Å². The monoisotopic (exact) mass is 200 g/mol. The fourth-order valence-corrected chi connectivity index (χ4v) is 1.98. The predicted octanol–water partition coefficient (Wildman–Crippen LogP) is 4.00. The average Bonchev–Trinajstić information content (AvgIpc) is 2.17. The molecule has 0 bridgehead atoms. The van der Waals surface area contributed by atoms with Crippen LogP contribution in [0.4, 0.5) is 0 Å². The summed E-state index contributed by atoms with van der Waals surface area (Å²) in [6, 6.07) is 0. The maximum Gasteiger partial charge on any atom is 0.0456 e. The standard InChI is InChI=1S/C13H28O/c1-4-5-6-7-8-9-12(2)10-13(3)11-14/h12-14H,4-11H2,1-3H3. The summed E-state index contributed by atoms with van der Waals surface area (Å²) >= 11 is 0. The van der Waals surface area contributed by atoms with Gasteiger partial charge in [-0.3, -0.25) is 0 Å². The van der Waals surface area contributed by atoms with E-state index in [1.54, 1.807) is 0 Å². The Hall–Kier alpha value is -0.0400. The molecule has 0 aromatic carbocycles. The molecule has 14 heavy (non-hydrogen) atoms. The summed E-state index contributed by atoms with van der Waals surface area (Å²) in [6.07, 6.45) is 9.42. The fraction of sp³-hybridized carbons (Fsp3) is 1.00. The van der Waals surface area contributed by atoms with E-state index in [9.17, 15) is 0 Å². The Bertz CT molecular complexity index is 112. The van der Waals surface area contributed by atoms with Crippen LogP contribution in [-0.2, 0) is 0 Å². The molecule has 0 aromatic rings. The molecular weight excluding hydrogens is 172 g/mol. The molecule has 0 heterocycles. The normalized spacial score (nSPS) is 15.4. The quantitative estimate of drug-likeness (QED) is 0.558. The summed E-state index contributed by atoms with van der Waals surface area (Å²) in [7, 11) is 0. The Morgan fingerprint density at radius 1 is 0.929 bits per heavy atom. The van der Waals surface area contributed by atoms with Crippen LogP contribution in [-0.4, -0.2) is 11.7 Å². The van der Waals surface area contributed by atoms with E-state index in [-0.39, 0.29) is 0 Å². The summed E-state index contributed by atoms with van der Waals surface area (Å²) in [5.41, 5.74) is 0. The SMILES string of the molecule is CCCCCCCC(C)CC(C)CO. The van der Waals surface area contributed by atoms with Crippen molar-refractivity contribution in [2.75, 3.05) is 6.61 Å². The highest BCUT2D eigenvalue weighted by molar-refractivity contribution is 4.59. The van der Waals surface area contributed by atoms with Crippen molar-refractivity contribution in [3.8, 4) is 0 Å². The van der Waals surface area contributed by atoms with Crippen LogP contribution in [0.5, 0.6) is 0 Å². The minimum atomic E-state index is 0.347. The summed E-state index contributed by atoms with van der Waals surface area (Å²) < 4.78 is 0. The van der Waals surface area contributed by atoms with Crippen LogP contribution in [0.15, 0.2) is 0 Å². The Balaban J connectivity index is 3.22. The molecule has 86 valence electrons. The Labute approximate surface area is 89.9 Å². The van der Waals surface area contributed by atoms with Gasteiger partial charge in [0.25, 0.3) is 0 Å². The highest BCUT2D eigenvalue weighted by Gasteiger charge is 2.07. The van der Waals surface area contributed by atoms with Crippen LogP contribution in [0.25, 0.3) is 0 Å². The van der Waals surface area contributed by atoms with E-state index in [4.69, 9.17) is 5.11 Å². The lowest BCUT2D eigenvalue weighted by atomic mass is 9.93. The lowest BCUT2D eigenvalue weighted by Crippen LogP contribution is -2.06. The van der Waals surface area contributed by atoms with Gasteiger partial charge in [-0.15, -0.1) is 0 Å². The molecule has 0 spiro atoms. The molecule has 2 atom stereocenters. The van der Waals surface area contributed by atoms with Crippen molar-refractivity contribution < 1.29 is 5.11 Å². The molecule has 1 heteroatoms. The lowest BCUT2D eigenvalue weighted by Gasteiger charge is -2.14. The van der Waals surface area contributed by atoms with Gasteiger partial charge in [-0.2, -0.15) is 0 Å². The highest BCUT2D eigenvalue weighted by Crippen LogP contribution is 2.18. The summed E-state index contributed by atoms with van der Waals surface area (Å²) in [5, 5.41) is 8.93. The number of unbranched alkanes of at least 4 members (excludes halogenated alkanes) is 4. The van der Waals surface area contributed by atoms with Crippen LogP contribution in [0.1, 0.15) is 65.7 Å². The van der Waals surface area contributed by atoms with Crippen molar-refractivity contribution in [2.24, 2.45) is 11.8 Å². The summed E-state index contributed by atoms with van der Waals surface area (Å²) in [5.74, 6) is 1.28. The van der Waals surface area contributed by atoms with Gasteiger partial charge in [0.05, 0.1) is 0 Å². The zero-order valence-electron chi connectivity index (χ0n) is 10.3. The molecular formula is C13H28O. The third-order valence-corrected chi connectivity index (χ3v) is 2.92. The Morgan fingerprint density at radius 3 is 2.14 bits per heavy atom. The van der Waals surface area contributed by atoms with Gasteiger partial charge in [0.1, 0.15) is 0 Å². The molecule has 0 aliphatic carbocycles. The molecule has 1 nitrogen and oxygen atoms in total. The third kappa shape index (κ3) is 8.55. The first kappa shape index (κ1) is 14.0. The predicted molar refractivity (Wildman–Crippen MR) is 63.4 cm³/mol. The Kier molecular flexibility index (Phi) is 9.49. The molecule has 0 radical (unpaired) electrons. The van der Waals surface area contributed by atoms with Crippen LogP contribution in [0, 0.1) is 11.8 Å². The number of hydrogen-bond acceptors (Lipinski definition) is 1. The molecule has 0 aromatic heterocycles. The zero-order valence-corrected chi connectivity index (χ0v) is 10.3. The van der Waals surface area contributed by atoms with Crippen LogP contribution < -0.4 is 0 Å². The van der Waals surface area contributed by atoms with Crippen molar-refractivity contribution in [3.05, 3.63) is 0 Å². The minimum Gasteiger partial charge on any atom is -0.396 e. The second-order valence-corrected chi connectivity index (χ2v) is 4.83. The first-order chi connectivity index (χ1) is 6.70. The van der Waals surface area contributed by atoms with Gasteiger partial charge in [-0.1, -0.05) is 59.3 Å². The molecule has 0 aliphatic rings. The number of aliphatic hydroxyl groups is 1. The van der Waals surface area contributed by atoms with E-state index in [1.807, 2.05) is 0 Å². The second kappa shape index (κ2) is 9.51. The first-order valence-electron chi connectivity index (χ1n) is 6.31. The van der Waals surface area contributed by atoms with Crippen molar-refractivity contribution in [1.82, 2.24) is 0 Å². The average molecular weight is 200 g/mol. The minimum absolute atomic E-state index is 0.347. The molecule has 0 fully saturated rings. The van der Waals surface area contributed by atoms with Gasteiger partial charge < -0.3 is 5.11 Å². The molecule has 0 aliphatic heterocycles. The van der Waals surface area contributed by atoms with Crippen LogP contribution in [0.2, 0.25) is 0 Å². The molecule has 0 amide bonds. The second-order valence-electron chi connectivity index (χ2n) is 4.83. The lowest BCUT2D eigenvalue weighted by molar-refractivity contribution is 0.212. The fourth-order valence-electron chi connectivity index (χ4n) is 1.98. The molecule has 1 N–H and O–H groups in total. The van der Waals surface area contributed by atoms with Gasteiger partial charge in [0.2, 0.25) is 0 Å². The number of rotatable bonds is 9. The first-order valence-corrected chi connectivity index (χ1v) is 6.31. The maximum absolute atomic E-state index is 8.93. The third-order valence-electron chi connectivity index (χ3n) is 2.92. The Morgan fingerprint density at radius 2 is 1.57 bits per heavy atom. The van der Waals surface area contributed by atoms with Gasteiger partial charge in [0, 0.05) is 6.61 Å². The van der Waals surface area contributed by atoms with Crippen LogP contribution >= 0.6 is 0 Å². The van der Waals surface area contributed by atoms with Crippen LogP contribution in [0.3, 0.4) is 0 Å². The number of hydrogen-bond donors (Lipinski definition) is 1. The van der Waals surface area contributed by atoms with E-state index in [0.29, 0.717) is 12.5 Å². The zero-order chi connectivity index (χ0) is 10.8. The molecule has 2 unspecified atom stereocenters. The van der Waals surface area contributed by atoms with Gasteiger partial charge in [-0.05, 0) is 18.3 Å². The molecule has 0 saturated carbocycles. The van der Waals surface area contributed by atoms with Gasteiger partial charge >= 0.3 is 0 Å². The van der Waals surface area contributed by atoms with E-state index in [0.717, 1.165) is 5.92 Å². The topological polar surface area (TPSA) is 20.2 Å².